The van der Waals surface area contributed by atoms with E-state index in [2.05, 4.69) is 9.97 Å². The molecule has 3 aromatic rings. The van der Waals surface area contributed by atoms with Gasteiger partial charge in [0.1, 0.15) is 10.8 Å². The summed E-state index contributed by atoms with van der Waals surface area (Å²) in [6.45, 7) is 2.13. The van der Waals surface area contributed by atoms with Crippen molar-refractivity contribution in [3.8, 4) is 10.6 Å². The second-order valence-corrected chi connectivity index (χ2v) is 7.12. The zero-order valence-corrected chi connectivity index (χ0v) is 16.7. The molecule has 0 fully saturated rings. The minimum Gasteiger partial charge on any atom is -0.455 e. The minimum absolute atomic E-state index is 0.0138. The lowest BCUT2D eigenvalue weighted by atomic mass is 10.2. The van der Waals surface area contributed by atoms with Gasteiger partial charge in [0.2, 0.25) is 0 Å². The van der Waals surface area contributed by atoms with Crippen LogP contribution in [-0.2, 0) is 27.3 Å². The molecule has 8 heteroatoms. The number of ether oxygens (including phenoxy) is 1. The van der Waals surface area contributed by atoms with Crippen LogP contribution in [0.25, 0.3) is 10.6 Å². The molecular formula is C21H20FN3O3S. The number of esters is 1. The third-order valence-corrected chi connectivity index (χ3v) is 5.08. The number of likely N-dealkylation sites (N-methyl/N-ethyl adjacent to an activating group) is 1. The topological polar surface area (TPSA) is 72.4 Å². The fourth-order valence-electron chi connectivity index (χ4n) is 2.67. The molecule has 0 atom stereocenters. The minimum atomic E-state index is -0.525. The van der Waals surface area contributed by atoms with Crippen LogP contribution in [0.1, 0.15) is 18.2 Å². The van der Waals surface area contributed by atoms with E-state index in [0.29, 0.717) is 17.8 Å². The van der Waals surface area contributed by atoms with Crippen LogP contribution in [0.4, 0.5) is 4.39 Å². The highest BCUT2D eigenvalue weighted by atomic mass is 32.1. The first-order valence-corrected chi connectivity index (χ1v) is 9.95. The van der Waals surface area contributed by atoms with Crippen LogP contribution in [0.3, 0.4) is 0 Å². The van der Waals surface area contributed by atoms with Crippen LogP contribution < -0.4 is 0 Å². The Labute approximate surface area is 172 Å². The molecule has 0 bridgehead atoms. The Bertz CT molecular complexity index is 978. The number of nitrogens with zero attached hydrogens (tertiary/aromatic N) is 3. The standard InChI is InChI=1S/C21H20FN3O3S/c1-2-25(12-15-5-3-7-17(22)9-15)19(26)13-28-20(27)10-18-14-29-21(24-18)16-6-4-8-23-11-16/h3-9,11,14H,2,10,12-13H2,1H3. The van der Waals surface area contributed by atoms with Crippen LogP contribution >= 0.6 is 11.3 Å². The molecule has 0 aliphatic carbocycles. The van der Waals surface area contributed by atoms with E-state index >= 15 is 0 Å². The van der Waals surface area contributed by atoms with Crippen LogP contribution in [-0.4, -0.2) is 39.9 Å². The Morgan fingerprint density at radius 2 is 2.10 bits per heavy atom. The highest BCUT2D eigenvalue weighted by Gasteiger charge is 2.16. The van der Waals surface area contributed by atoms with Crippen molar-refractivity contribution < 1.29 is 18.7 Å². The van der Waals surface area contributed by atoms with Gasteiger partial charge >= 0.3 is 5.97 Å². The number of halogens is 1. The van der Waals surface area contributed by atoms with E-state index in [1.165, 1.54) is 28.4 Å². The Morgan fingerprint density at radius 3 is 2.83 bits per heavy atom. The second-order valence-electron chi connectivity index (χ2n) is 6.26. The summed E-state index contributed by atoms with van der Waals surface area (Å²) in [5.41, 5.74) is 2.14. The summed E-state index contributed by atoms with van der Waals surface area (Å²) >= 11 is 1.42. The molecule has 29 heavy (non-hydrogen) atoms. The van der Waals surface area contributed by atoms with Gasteiger partial charge in [0.15, 0.2) is 6.61 Å². The molecule has 0 spiro atoms. The molecule has 0 unspecified atom stereocenters. The number of aromatic nitrogens is 2. The summed E-state index contributed by atoms with van der Waals surface area (Å²) < 4.78 is 18.4. The SMILES string of the molecule is CCN(Cc1cccc(F)c1)C(=O)COC(=O)Cc1csc(-c2cccnc2)n1. The summed E-state index contributed by atoms with van der Waals surface area (Å²) in [4.78, 5) is 34.4. The van der Waals surface area contributed by atoms with Crippen LogP contribution in [0.15, 0.2) is 54.2 Å². The van der Waals surface area contributed by atoms with Gasteiger partial charge in [-0.3, -0.25) is 14.6 Å². The Morgan fingerprint density at radius 1 is 1.24 bits per heavy atom. The number of hydrogen-bond acceptors (Lipinski definition) is 6. The lowest BCUT2D eigenvalue weighted by Gasteiger charge is -2.20. The maximum Gasteiger partial charge on any atom is 0.312 e. The Hall–Kier alpha value is -3.13. The first kappa shape index (κ1) is 20.6. The molecule has 1 amide bonds. The molecule has 0 aliphatic heterocycles. The quantitative estimate of drug-likeness (QED) is 0.529. The van der Waals surface area contributed by atoms with Gasteiger partial charge in [-0.15, -0.1) is 11.3 Å². The van der Waals surface area contributed by atoms with Crippen molar-refractivity contribution in [3.63, 3.8) is 0 Å². The lowest BCUT2D eigenvalue weighted by molar-refractivity contribution is -0.151. The lowest BCUT2D eigenvalue weighted by Crippen LogP contribution is -2.34. The second kappa shape index (κ2) is 9.88. The summed E-state index contributed by atoms with van der Waals surface area (Å²) in [6, 6.07) is 9.78. The summed E-state index contributed by atoms with van der Waals surface area (Å²) in [6.07, 6.45) is 3.37. The molecule has 0 N–H and O–H groups in total. The molecule has 2 aromatic heterocycles. The normalized spacial score (nSPS) is 10.6. The van der Waals surface area contributed by atoms with Crippen molar-refractivity contribution in [3.05, 3.63) is 71.2 Å². The van der Waals surface area contributed by atoms with E-state index in [4.69, 9.17) is 4.74 Å². The van der Waals surface area contributed by atoms with Gasteiger partial charge in [-0.05, 0) is 36.8 Å². The number of rotatable bonds is 8. The highest BCUT2D eigenvalue weighted by molar-refractivity contribution is 7.13. The van der Waals surface area contributed by atoms with Gasteiger partial charge in [0, 0.05) is 36.4 Å². The molecule has 0 radical (unpaired) electrons. The van der Waals surface area contributed by atoms with Crippen molar-refractivity contribution >= 4 is 23.2 Å². The van der Waals surface area contributed by atoms with Crippen LogP contribution in [0.2, 0.25) is 0 Å². The molecule has 1 aromatic carbocycles. The molecular weight excluding hydrogens is 393 g/mol. The van der Waals surface area contributed by atoms with Gasteiger partial charge in [-0.2, -0.15) is 0 Å². The van der Waals surface area contributed by atoms with E-state index in [-0.39, 0.29) is 31.3 Å². The van der Waals surface area contributed by atoms with Crippen molar-refractivity contribution in [2.75, 3.05) is 13.2 Å². The molecule has 0 saturated carbocycles. The highest BCUT2D eigenvalue weighted by Crippen LogP contribution is 2.22. The smallest absolute Gasteiger partial charge is 0.312 e. The number of amides is 1. The predicted molar refractivity (Wildman–Crippen MR) is 107 cm³/mol. The number of carbonyl (C=O) groups excluding carboxylic acids is 2. The van der Waals surface area contributed by atoms with E-state index in [1.54, 1.807) is 29.9 Å². The summed E-state index contributed by atoms with van der Waals surface area (Å²) in [7, 11) is 0. The largest absolute Gasteiger partial charge is 0.455 e. The van der Waals surface area contributed by atoms with Gasteiger partial charge in [-0.25, -0.2) is 9.37 Å². The molecule has 2 heterocycles. The fourth-order valence-corrected chi connectivity index (χ4v) is 3.48. The Balaban J connectivity index is 1.50. The van der Waals surface area contributed by atoms with Crippen LogP contribution in [0.5, 0.6) is 0 Å². The predicted octanol–water partition coefficient (Wildman–Crippen LogP) is 3.48. The van der Waals surface area contributed by atoms with Crippen molar-refractivity contribution in [2.45, 2.75) is 19.9 Å². The number of benzene rings is 1. The third-order valence-electron chi connectivity index (χ3n) is 4.14. The first-order chi connectivity index (χ1) is 14.0. The maximum absolute atomic E-state index is 13.3. The van der Waals surface area contributed by atoms with Crippen molar-refractivity contribution in [2.24, 2.45) is 0 Å². The van der Waals surface area contributed by atoms with E-state index in [0.717, 1.165) is 10.6 Å². The Kier molecular flexibility index (Phi) is 7.02. The number of hydrogen-bond donors (Lipinski definition) is 0. The molecule has 0 saturated heterocycles. The molecule has 150 valence electrons. The van der Waals surface area contributed by atoms with E-state index in [1.807, 2.05) is 19.1 Å². The third kappa shape index (κ3) is 5.92. The number of thiazole rings is 1. The van der Waals surface area contributed by atoms with Gasteiger partial charge < -0.3 is 9.64 Å². The number of pyridine rings is 1. The molecule has 0 aliphatic rings. The van der Waals surface area contributed by atoms with Crippen LogP contribution in [0, 0.1) is 5.82 Å². The fraction of sp³-hybridized carbons (Fsp3) is 0.238. The summed E-state index contributed by atoms with van der Waals surface area (Å²) in [5, 5.41) is 2.55. The molecule has 3 rings (SSSR count). The van der Waals surface area contributed by atoms with Gasteiger partial charge in [0.05, 0.1) is 12.1 Å². The van der Waals surface area contributed by atoms with E-state index in [9.17, 15) is 14.0 Å². The molecule has 6 nitrogen and oxygen atoms in total. The average molecular weight is 413 g/mol. The number of carbonyl (C=O) groups is 2. The van der Waals surface area contributed by atoms with Crippen molar-refractivity contribution in [1.82, 2.24) is 14.9 Å². The maximum atomic E-state index is 13.3. The van der Waals surface area contributed by atoms with Crippen molar-refractivity contribution in [1.29, 1.82) is 0 Å². The first-order valence-electron chi connectivity index (χ1n) is 9.07. The van der Waals surface area contributed by atoms with Gasteiger partial charge in [0.25, 0.3) is 5.91 Å². The van der Waals surface area contributed by atoms with Gasteiger partial charge in [-0.1, -0.05) is 12.1 Å². The zero-order chi connectivity index (χ0) is 20.6. The monoisotopic (exact) mass is 413 g/mol. The summed E-state index contributed by atoms with van der Waals surface area (Å²) in [5.74, 6) is -1.21. The average Bonchev–Trinajstić information content (AvgIpc) is 3.19. The zero-order valence-electron chi connectivity index (χ0n) is 15.9. The van der Waals surface area contributed by atoms with E-state index < -0.39 is 5.97 Å².